The third-order valence-corrected chi connectivity index (χ3v) is 2.46. The number of carbonyl (C=O) groups is 1. The number of nitrogens with one attached hydrogen (secondary N) is 1. The lowest BCUT2D eigenvalue weighted by molar-refractivity contribution is -0.122. The Morgan fingerprint density at radius 3 is 2.79 bits per heavy atom. The molecule has 1 amide bonds. The fraction of sp³-hybridized carbons (Fsp3) is 0.385. The molecule has 0 spiro atoms. The van der Waals surface area contributed by atoms with Crippen LogP contribution in [0.4, 0.5) is 4.39 Å². The summed E-state index contributed by atoms with van der Waals surface area (Å²) in [6.45, 7) is 3.88. The molecule has 3 N–H and O–H groups in total. The van der Waals surface area contributed by atoms with Crippen LogP contribution in [0.2, 0.25) is 0 Å². The molecule has 0 radical (unpaired) electrons. The molecule has 19 heavy (non-hydrogen) atoms. The molecule has 0 aliphatic heterocycles. The lowest BCUT2D eigenvalue weighted by Crippen LogP contribution is -2.31. The van der Waals surface area contributed by atoms with E-state index in [9.17, 15) is 9.18 Å². The van der Waals surface area contributed by atoms with Crippen LogP contribution < -0.4 is 15.8 Å². The molecule has 1 rings (SSSR count). The summed E-state index contributed by atoms with van der Waals surface area (Å²) < 4.78 is 18.9. The third kappa shape index (κ3) is 4.82. The molecule has 0 unspecified atom stereocenters. The number of amides is 1. The Labute approximate surface area is 117 Å². The number of rotatable bonds is 6. The predicted octanol–water partition coefficient (Wildman–Crippen LogP) is 1.75. The minimum Gasteiger partial charge on any atom is -0.492 e. The second kappa shape index (κ2) is 7.04. The van der Waals surface area contributed by atoms with Gasteiger partial charge in [0.1, 0.15) is 16.6 Å². The van der Waals surface area contributed by atoms with Crippen LogP contribution in [0.25, 0.3) is 0 Å². The first-order valence-corrected chi connectivity index (χ1v) is 6.33. The van der Waals surface area contributed by atoms with E-state index in [1.807, 2.05) is 13.8 Å². The van der Waals surface area contributed by atoms with Gasteiger partial charge in [-0.1, -0.05) is 18.3 Å². The van der Waals surface area contributed by atoms with Crippen molar-refractivity contribution in [2.75, 3.05) is 6.61 Å². The molecule has 0 saturated heterocycles. The number of thiocarbonyl (C=S) groups is 1. The van der Waals surface area contributed by atoms with Crippen molar-refractivity contribution >= 4 is 23.1 Å². The zero-order chi connectivity index (χ0) is 14.4. The quantitative estimate of drug-likeness (QED) is 0.781. The van der Waals surface area contributed by atoms with Gasteiger partial charge in [-0.05, 0) is 26.0 Å². The molecule has 1 aromatic carbocycles. The maximum Gasteiger partial charge on any atom is 0.223 e. The van der Waals surface area contributed by atoms with Crippen LogP contribution in [0.15, 0.2) is 18.2 Å². The Bertz CT molecular complexity index is 478. The highest BCUT2D eigenvalue weighted by molar-refractivity contribution is 7.80. The summed E-state index contributed by atoms with van der Waals surface area (Å²) in [5.74, 6) is -0.398. The van der Waals surface area contributed by atoms with Crippen molar-refractivity contribution in [1.82, 2.24) is 5.32 Å². The normalized spacial score (nSPS) is 10.3. The van der Waals surface area contributed by atoms with Crippen LogP contribution in [0.3, 0.4) is 0 Å². The van der Waals surface area contributed by atoms with Crippen molar-refractivity contribution in [3.05, 3.63) is 29.6 Å². The summed E-state index contributed by atoms with van der Waals surface area (Å²) in [5.41, 5.74) is 5.52. The predicted molar refractivity (Wildman–Crippen MR) is 75.7 cm³/mol. The Morgan fingerprint density at radius 1 is 1.53 bits per heavy atom. The van der Waals surface area contributed by atoms with Gasteiger partial charge in [0.05, 0.1) is 18.6 Å². The van der Waals surface area contributed by atoms with Crippen molar-refractivity contribution in [3.63, 3.8) is 0 Å². The van der Waals surface area contributed by atoms with Crippen molar-refractivity contribution in [1.29, 1.82) is 0 Å². The molecule has 0 aliphatic rings. The van der Waals surface area contributed by atoms with E-state index in [4.69, 9.17) is 22.7 Å². The minimum absolute atomic E-state index is 0.0697. The molecule has 0 fully saturated rings. The van der Waals surface area contributed by atoms with Gasteiger partial charge in [-0.2, -0.15) is 0 Å². The standard InChI is InChI=1S/C13H17FN2O2S/c1-8(2)16-11(17)6-7-18-10-5-3-4-9(14)12(10)13(15)19/h3-5,8H,6-7H2,1-2H3,(H2,15,19)(H,16,17). The van der Waals surface area contributed by atoms with Crippen molar-refractivity contribution in [2.45, 2.75) is 26.3 Å². The van der Waals surface area contributed by atoms with E-state index in [1.165, 1.54) is 12.1 Å². The summed E-state index contributed by atoms with van der Waals surface area (Å²) in [7, 11) is 0. The van der Waals surface area contributed by atoms with Gasteiger partial charge in [0.25, 0.3) is 0 Å². The third-order valence-electron chi connectivity index (χ3n) is 2.26. The van der Waals surface area contributed by atoms with Crippen molar-refractivity contribution in [2.24, 2.45) is 5.73 Å². The molecule has 0 saturated carbocycles. The van der Waals surface area contributed by atoms with E-state index in [1.54, 1.807) is 6.07 Å². The average Bonchev–Trinajstić information content (AvgIpc) is 2.27. The van der Waals surface area contributed by atoms with E-state index in [0.29, 0.717) is 0 Å². The number of ether oxygens (including phenoxy) is 1. The summed E-state index contributed by atoms with van der Waals surface area (Å²) in [5, 5.41) is 2.73. The Morgan fingerprint density at radius 2 is 2.21 bits per heavy atom. The number of nitrogens with two attached hydrogens (primary N) is 1. The first-order valence-electron chi connectivity index (χ1n) is 5.92. The van der Waals surface area contributed by atoms with Gasteiger partial charge in [-0.15, -0.1) is 0 Å². The molecular weight excluding hydrogens is 267 g/mol. The maximum atomic E-state index is 13.5. The topological polar surface area (TPSA) is 64.3 Å². The van der Waals surface area contributed by atoms with E-state index in [2.05, 4.69) is 5.32 Å². The zero-order valence-corrected chi connectivity index (χ0v) is 11.7. The largest absolute Gasteiger partial charge is 0.492 e. The number of hydrogen-bond donors (Lipinski definition) is 2. The van der Waals surface area contributed by atoms with E-state index >= 15 is 0 Å². The van der Waals surface area contributed by atoms with Gasteiger partial charge in [0, 0.05) is 6.04 Å². The van der Waals surface area contributed by atoms with Gasteiger partial charge in [0.2, 0.25) is 5.91 Å². The molecule has 1 aromatic rings. The maximum absolute atomic E-state index is 13.5. The number of hydrogen-bond acceptors (Lipinski definition) is 3. The van der Waals surface area contributed by atoms with E-state index < -0.39 is 5.82 Å². The molecule has 6 heteroatoms. The van der Waals surface area contributed by atoms with Crippen molar-refractivity contribution < 1.29 is 13.9 Å². The molecule has 4 nitrogen and oxygen atoms in total. The average molecular weight is 284 g/mol. The van der Waals surface area contributed by atoms with Gasteiger partial charge in [-0.3, -0.25) is 4.79 Å². The number of halogens is 1. The molecular formula is C13H17FN2O2S. The Kier molecular flexibility index (Phi) is 5.69. The van der Waals surface area contributed by atoms with Gasteiger partial charge < -0.3 is 15.8 Å². The molecule has 0 atom stereocenters. The lowest BCUT2D eigenvalue weighted by Gasteiger charge is -2.12. The van der Waals surface area contributed by atoms with Gasteiger partial charge in [0.15, 0.2) is 0 Å². The zero-order valence-electron chi connectivity index (χ0n) is 10.9. The summed E-state index contributed by atoms with van der Waals surface area (Å²) in [6, 6.07) is 4.40. The molecule has 0 bridgehead atoms. The first kappa shape index (κ1) is 15.4. The monoisotopic (exact) mass is 284 g/mol. The highest BCUT2D eigenvalue weighted by atomic mass is 32.1. The van der Waals surface area contributed by atoms with E-state index in [0.717, 1.165) is 0 Å². The lowest BCUT2D eigenvalue weighted by atomic mass is 10.2. The van der Waals surface area contributed by atoms with Crippen LogP contribution in [0.1, 0.15) is 25.8 Å². The smallest absolute Gasteiger partial charge is 0.223 e. The number of carbonyl (C=O) groups excluding carboxylic acids is 1. The molecule has 0 aromatic heterocycles. The van der Waals surface area contributed by atoms with Gasteiger partial charge in [-0.25, -0.2) is 4.39 Å². The van der Waals surface area contributed by atoms with Crippen molar-refractivity contribution in [3.8, 4) is 5.75 Å². The summed E-state index contributed by atoms with van der Waals surface area (Å²) in [6.07, 6.45) is 0.186. The number of benzene rings is 1. The van der Waals surface area contributed by atoms with Crippen LogP contribution in [-0.4, -0.2) is 23.5 Å². The highest BCUT2D eigenvalue weighted by Crippen LogP contribution is 2.21. The van der Waals surface area contributed by atoms with Crippen LogP contribution in [0, 0.1) is 5.82 Å². The molecule has 104 valence electrons. The molecule has 0 aliphatic carbocycles. The Hall–Kier alpha value is -1.69. The first-order chi connectivity index (χ1) is 8.91. The SMILES string of the molecule is CC(C)NC(=O)CCOc1cccc(F)c1C(N)=S. The van der Waals surface area contributed by atoms with Crippen LogP contribution in [0.5, 0.6) is 5.75 Å². The fourth-order valence-corrected chi connectivity index (χ4v) is 1.71. The minimum atomic E-state index is -0.531. The van der Waals surface area contributed by atoms with Gasteiger partial charge >= 0.3 is 0 Å². The second-order valence-electron chi connectivity index (χ2n) is 4.30. The van der Waals surface area contributed by atoms with Crippen LogP contribution in [-0.2, 0) is 4.79 Å². The molecule has 0 heterocycles. The Balaban J connectivity index is 2.61. The summed E-state index contributed by atoms with van der Waals surface area (Å²) in [4.78, 5) is 11.3. The highest BCUT2D eigenvalue weighted by Gasteiger charge is 2.12. The fourth-order valence-electron chi connectivity index (χ4n) is 1.51. The van der Waals surface area contributed by atoms with Crippen LogP contribution >= 0.6 is 12.2 Å². The second-order valence-corrected chi connectivity index (χ2v) is 4.74. The summed E-state index contributed by atoms with van der Waals surface area (Å²) >= 11 is 4.77. The van der Waals surface area contributed by atoms with E-state index in [-0.39, 0.29) is 41.3 Å².